The molecule has 0 saturated carbocycles. The highest BCUT2D eigenvalue weighted by molar-refractivity contribution is 7.13. The Balaban J connectivity index is 1.56. The zero-order chi connectivity index (χ0) is 16.3. The van der Waals surface area contributed by atoms with Crippen molar-refractivity contribution in [2.75, 3.05) is 25.0 Å². The first kappa shape index (κ1) is 16.0. The fourth-order valence-electron chi connectivity index (χ4n) is 3.03. The van der Waals surface area contributed by atoms with Crippen molar-refractivity contribution in [3.8, 4) is 0 Å². The van der Waals surface area contributed by atoms with E-state index in [0.29, 0.717) is 37.6 Å². The van der Waals surface area contributed by atoms with Gasteiger partial charge in [0.05, 0.1) is 12.1 Å². The lowest BCUT2D eigenvalue weighted by atomic mass is 9.82. The van der Waals surface area contributed by atoms with Gasteiger partial charge in [0, 0.05) is 13.1 Å². The number of aryl methyl sites for hydroxylation is 1. The van der Waals surface area contributed by atoms with Gasteiger partial charge < -0.3 is 5.11 Å². The lowest BCUT2D eigenvalue weighted by Crippen LogP contribution is -2.45. The summed E-state index contributed by atoms with van der Waals surface area (Å²) in [5, 5.41) is 21.7. The molecule has 1 aromatic carbocycles. The number of rotatable bonds is 4. The van der Waals surface area contributed by atoms with E-state index in [-0.39, 0.29) is 5.91 Å². The van der Waals surface area contributed by atoms with Crippen molar-refractivity contribution in [3.63, 3.8) is 0 Å². The molecule has 0 aliphatic carbocycles. The van der Waals surface area contributed by atoms with Gasteiger partial charge in [0.1, 0.15) is 5.51 Å². The molecular formula is C16H20N4O2S. The molecular weight excluding hydrogens is 312 g/mol. The van der Waals surface area contributed by atoms with Crippen molar-refractivity contribution >= 4 is 22.4 Å². The maximum atomic E-state index is 12.0. The van der Waals surface area contributed by atoms with Gasteiger partial charge in [-0.2, -0.15) is 0 Å². The SMILES string of the molecule is Cc1ccccc1C1(O)CCN(CC(=O)Nc2nncs2)CC1. The number of hydrogen-bond donors (Lipinski definition) is 2. The number of carbonyl (C=O) groups is 1. The summed E-state index contributed by atoms with van der Waals surface area (Å²) in [5.74, 6) is -0.0944. The van der Waals surface area contributed by atoms with Gasteiger partial charge in [0.25, 0.3) is 0 Å². The lowest BCUT2D eigenvalue weighted by Gasteiger charge is -2.38. The van der Waals surface area contributed by atoms with Crippen LogP contribution in [0, 0.1) is 6.92 Å². The molecule has 1 fully saturated rings. The van der Waals surface area contributed by atoms with Gasteiger partial charge >= 0.3 is 0 Å². The number of benzene rings is 1. The summed E-state index contributed by atoms with van der Waals surface area (Å²) in [6.45, 7) is 3.71. The van der Waals surface area contributed by atoms with Crippen LogP contribution in [0.2, 0.25) is 0 Å². The van der Waals surface area contributed by atoms with Gasteiger partial charge in [-0.25, -0.2) is 0 Å². The third-order valence-electron chi connectivity index (χ3n) is 4.30. The molecule has 0 unspecified atom stereocenters. The maximum absolute atomic E-state index is 12.0. The van der Waals surface area contributed by atoms with Gasteiger partial charge in [-0.15, -0.1) is 10.2 Å². The zero-order valence-corrected chi connectivity index (χ0v) is 13.8. The summed E-state index contributed by atoms with van der Waals surface area (Å²) in [4.78, 5) is 14.0. The first-order valence-corrected chi connectivity index (χ1v) is 8.52. The molecule has 3 rings (SSSR count). The number of nitrogens with zero attached hydrogens (tertiary/aromatic N) is 3. The summed E-state index contributed by atoms with van der Waals surface area (Å²) in [5.41, 5.74) is 2.89. The fraction of sp³-hybridized carbons (Fsp3) is 0.438. The molecule has 122 valence electrons. The molecule has 23 heavy (non-hydrogen) atoms. The second-order valence-electron chi connectivity index (χ2n) is 5.91. The number of aliphatic hydroxyl groups is 1. The van der Waals surface area contributed by atoms with Crippen molar-refractivity contribution in [1.29, 1.82) is 0 Å². The van der Waals surface area contributed by atoms with Crippen LogP contribution in [0.25, 0.3) is 0 Å². The number of hydrogen-bond acceptors (Lipinski definition) is 6. The van der Waals surface area contributed by atoms with E-state index in [1.807, 2.05) is 31.2 Å². The molecule has 1 aliphatic heterocycles. The molecule has 7 heteroatoms. The third-order valence-corrected chi connectivity index (χ3v) is 4.91. The number of piperidine rings is 1. The normalized spacial score (nSPS) is 17.8. The number of carbonyl (C=O) groups excluding carboxylic acids is 1. The van der Waals surface area contributed by atoms with Crippen LogP contribution in [-0.4, -0.2) is 45.7 Å². The van der Waals surface area contributed by atoms with Crippen LogP contribution in [0.3, 0.4) is 0 Å². The maximum Gasteiger partial charge on any atom is 0.240 e. The smallest absolute Gasteiger partial charge is 0.240 e. The number of likely N-dealkylation sites (tertiary alicyclic amines) is 1. The minimum atomic E-state index is -0.794. The molecule has 1 aromatic heterocycles. The molecule has 1 saturated heterocycles. The van der Waals surface area contributed by atoms with Crippen LogP contribution in [0.5, 0.6) is 0 Å². The molecule has 0 bridgehead atoms. The zero-order valence-electron chi connectivity index (χ0n) is 13.0. The summed E-state index contributed by atoms with van der Waals surface area (Å²) >= 11 is 1.30. The van der Waals surface area contributed by atoms with E-state index in [1.165, 1.54) is 11.3 Å². The van der Waals surface area contributed by atoms with E-state index < -0.39 is 5.60 Å². The van der Waals surface area contributed by atoms with Crippen molar-refractivity contribution in [3.05, 3.63) is 40.9 Å². The predicted molar refractivity (Wildman–Crippen MR) is 89.3 cm³/mol. The third kappa shape index (κ3) is 3.74. The highest BCUT2D eigenvalue weighted by atomic mass is 32.1. The Morgan fingerprint density at radius 2 is 2.13 bits per heavy atom. The summed E-state index contributed by atoms with van der Waals surface area (Å²) < 4.78 is 0. The highest BCUT2D eigenvalue weighted by Crippen LogP contribution is 2.34. The first-order chi connectivity index (χ1) is 11.1. The number of aromatic nitrogens is 2. The number of amides is 1. The Morgan fingerprint density at radius 1 is 1.39 bits per heavy atom. The fourth-order valence-corrected chi connectivity index (χ4v) is 3.50. The average molecular weight is 332 g/mol. The summed E-state index contributed by atoms with van der Waals surface area (Å²) in [7, 11) is 0. The van der Waals surface area contributed by atoms with E-state index in [9.17, 15) is 9.90 Å². The Labute approximate surface area is 139 Å². The monoisotopic (exact) mass is 332 g/mol. The molecule has 6 nitrogen and oxygen atoms in total. The largest absolute Gasteiger partial charge is 0.385 e. The van der Waals surface area contributed by atoms with Crippen LogP contribution in [0.4, 0.5) is 5.13 Å². The molecule has 1 aliphatic rings. The van der Waals surface area contributed by atoms with E-state index in [0.717, 1.165) is 11.1 Å². The molecule has 0 spiro atoms. The number of nitrogens with one attached hydrogen (secondary N) is 1. The Hall–Kier alpha value is -1.83. The van der Waals surface area contributed by atoms with E-state index in [4.69, 9.17) is 0 Å². The van der Waals surface area contributed by atoms with Crippen LogP contribution >= 0.6 is 11.3 Å². The van der Waals surface area contributed by atoms with E-state index >= 15 is 0 Å². The molecule has 0 atom stereocenters. The summed E-state index contributed by atoms with van der Waals surface area (Å²) in [6, 6.07) is 7.96. The summed E-state index contributed by atoms with van der Waals surface area (Å²) in [6.07, 6.45) is 1.26. The molecule has 1 amide bonds. The first-order valence-electron chi connectivity index (χ1n) is 7.64. The van der Waals surface area contributed by atoms with Crippen molar-refractivity contribution in [1.82, 2.24) is 15.1 Å². The molecule has 2 aromatic rings. The van der Waals surface area contributed by atoms with Crippen LogP contribution in [0.1, 0.15) is 24.0 Å². The van der Waals surface area contributed by atoms with Crippen LogP contribution < -0.4 is 5.32 Å². The molecule has 2 N–H and O–H groups in total. The Morgan fingerprint density at radius 3 is 2.78 bits per heavy atom. The average Bonchev–Trinajstić information content (AvgIpc) is 3.03. The van der Waals surface area contributed by atoms with Crippen molar-refractivity contribution in [2.24, 2.45) is 0 Å². The topological polar surface area (TPSA) is 78.4 Å². The van der Waals surface area contributed by atoms with E-state index in [1.54, 1.807) is 5.51 Å². The van der Waals surface area contributed by atoms with E-state index in [2.05, 4.69) is 20.4 Å². The van der Waals surface area contributed by atoms with Gasteiger partial charge in [-0.05, 0) is 30.9 Å². The molecule has 2 heterocycles. The van der Waals surface area contributed by atoms with Crippen molar-refractivity contribution in [2.45, 2.75) is 25.4 Å². The minimum Gasteiger partial charge on any atom is -0.385 e. The van der Waals surface area contributed by atoms with Gasteiger partial charge in [0.15, 0.2) is 0 Å². The quantitative estimate of drug-likeness (QED) is 0.892. The highest BCUT2D eigenvalue weighted by Gasteiger charge is 2.35. The second-order valence-corrected chi connectivity index (χ2v) is 6.75. The van der Waals surface area contributed by atoms with Gasteiger partial charge in [-0.1, -0.05) is 35.6 Å². The van der Waals surface area contributed by atoms with Crippen molar-refractivity contribution < 1.29 is 9.90 Å². The Kier molecular flexibility index (Phi) is 4.70. The van der Waals surface area contributed by atoms with Crippen LogP contribution in [-0.2, 0) is 10.4 Å². The van der Waals surface area contributed by atoms with Gasteiger partial charge in [0.2, 0.25) is 11.0 Å². The lowest BCUT2D eigenvalue weighted by molar-refractivity contribution is -0.118. The standard InChI is InChI=1S/C16H20N4O2S/c1-12-4-2-3-5-13(12)16(22)6-8-20(9-7-16)10-14(21)18-15-19-17-11-23-15/h2-5,11,22H,6-10H2,1H3,(H,18,19,21). The molecule has 0 radical (unpaired) electrons. The Bertz CT molecular complexity index is 666. The number of anilines is 1. The second kappa shape index (κ2) is 6.74. The predicted octanol–water partition coefficient (Wildman–Crippen LogP) is 1.77. The van der Waals surface area contributed by atoms with Gasteiger partial charge in [-0.3, -0.25) is 15.0 Å². The van der Waals surface area contributed by atoms with Crippen LogP contribution in [0.15, 0.2) is 29.8 Å². The minimum absolute atomic E-state index is 0.0944.